The smallest absolute Gasteiger partial charge is 0.331 e. The van der Waals surface area contributed by atoms with Crippen molar-refractivity contribution < 1.29 is 24.2 Å². The van der Waals surface area contributed by atoms with Crippen LogP contribution in [-0.2, 0) is 20.7 Å². The van der Waals surface area contributed by atoms with Crippen LogP contribution in [0, 0.1) is 0 Å². The highest BCUT2D eigenvalue weighted by Crippen LogP contribution is 2.20. The van der Waals surface area contributed by atoms with Crippen LogP contribution < -0.4 is 10.1 Å². The predicted octanol–water partition coefficient (Wildman–Crippen LogP) is 1.62. The Morgan fingerprint density at radius 2 is 1.95 bits per heavy atom. The molecule has 0 aliphatic rings. The molecule has 1 unspecified atom stereocenters. The number of carboxylic acids is 1. The third-order valence-corrected chi connectivity index (χ3v) is 3.01. The standard InChI is InChI=1S/C16H23NO5/c1-11(2)22-13-8-6-5-7-12(13)9-14(18)17-16(3,10-21-4)15(19)20/h5-8,11H,9-10H2,1-4H3,(H,17,18)(H,19,20). The lowest BCUT2D eigenvalue weighted by Gasteiger charge is -2.25. The van der Waals surface area contributed by atoms with Crippen LogP contribution in [0.25, 0.3) is 0 Å². The van der Waals surface area contributed by atoms with Gasteiger partial charge in [0.05, 0.1) is 19.1 Å². The number of rotatable bonds is 8. The van der Waals surface area contributed by atoms with Crippen molar-refractivity contribution in [2.45, 2.75) is 38.8 Å². The zero-order valence-corrected chi connectivity index (χ0v) is 13.4. The highest BCUT2D eigenvalue weighted by Gasteiger charge is 2.35. The van der Waals surface area contributed by atoms with Gasteiger partial charge in [-0.2, -0.15) is 0 Å². The summed E-state index contributed by atoms with van der Waals surface area (Å²) in [5.74, 6) is -0.924. The van der Waals surface area contributed by atoms with E-state index in [9.17, 15) is 14.7 Å². The molecule has 1 atom stereocenters. The van der Waals surface area contributed by atoms with Gasteiger partial charge in [0.2, 0.25) is 5.91 Å². The number of hydrogen-bond donors (Lipinski definition) is 2. The van der Waals surface area contributed by atoms with E-state index in [-0.39, 0.29) is 19.1 Å². The average Bonchev–Trinajstić information content (AvgIpc) is 2.40. The van der Waals surface area contributed by atoms with Gasteiger partial charge in [-0.15, -0.1) is 0 Å². The van der Waals surface area contributed by atoms with Crippen LogP contribution in [0.3, 0.4) is 0 Å². The molecule has 0 fully saturated rings. The number of aliphatic carboxylic acids is 1. The Balaban J connectivity index is 2.82. The maximum Gasteiger partial charge on any atom is 0.331 e. The Morgan fingerprint density at radius 1 is 1.32 bits per heavy atom. The summed E-state index contributed by atoms with van der Waals surface area (Å²) in [7, 11) is 1.39. The molecule has 1 aromatic rings. The molecular formula is C16H23NO5. The van der Waals surface area contributed by atoms with E-state index in [4.69, 9.17) is 9.47 Å². The Bertz CT molecular complexity index is 529. The summed E-state index contributed by atoms with van der Waals surface area (Å²) < 4.78 is 10.5. The molecule has 0 aliphatic carbocycles. The van der Waals surface area contributed by atoms with Gasteiger partial charge >= 0.3 is 5.97 Å². The number of methoxy groups -OCH3 is 1. The van der Waals surface area contributed by atoms with E-state index >= 15 is 0 Å². The third-order valence-electron chi connectivity index (χ3n) is 3.01. The second kappa shape index (κ2) is 7.79. The lowest BCUT2D eigenvalue weighted by atomic mass is 10.0. The Morgan fingerprint density at radius 3 is 2.50 bits per heavy atom. The van der Waals surface area contributed by atoms with Crippen molar-refractivity contribution in [2.75, 3.05) is 13.7 Å². The average molecular weight is 309 g/mol. The summed E-state index contributed by atoms with van der Waals surface area (Å²) in [4.78, 5) is 23.5. The fraction of sp³-hybridized carbons (Fsp3) is 0.500. The second-order valence-corrected chi connectivity index (χ2v) is 5.57. The number of para-hydroxylation sites is 1. The van der Waals surface area contributed by atoms with Crippen molar-refractivity contribution >= 4 is 11.9 Å². The molecule has 0 spiro atoms. The molecular weight excluding hydrogens is 286 g/mol. The Labute approximate surface area is 130 Å². The number of ether oxygens (including phenoxy) is 2. The number of nitrogens with one attached hydrogen (secondary N) is 1. The lowest BCUT2D eigenvalue weighted by molar-refractivity contribution is -0.149. The van der Waals surface area contributed by atoms with Crippen LogP contribution in [-0.4, -0.2) is 42.3 Å². The molecule has 0 bridgehead atoms. The largest absolute Gasteiger partial charge is 0.491 e. The molecule has 0 aromatic heterocycles. The zero-order valence-electron chi connectivity index (χ0n) is 13.4. The van der Waals surface area contributed by atoms with Crippen LogP contribution >= 0.6 is 0 Å². The van der Waals surface area contributed by atoms with Crippen molar-refractivity contribution in [3.05, 3.63) is 29.8 Å². The minimum Gasteiger partial charge on any atom is -0.491 e. The number of amides is 1. The van der Waals surface area contributed by atoms with E-state index in [1.807, 2.05) is 19.9 Å². The van der Waals surface area contributed by atoms with Gasteiger partial charge in [0.15, 0.2) is 5.54 Å². The SMILES string of the molecule is COCC(C)(NC(=O)Cc1ccccc1OC(C)C)C(=O)O. The fourth-order valence-corrected chi connectivity index (χ4v) is 1.98. The lowest BCUT2D eigenvalue weighted by Crippen LogP contribution is -2.55. The van der Waals surface area contributed by atoms with Crippen LogP contribution in [0.15, 0.2) is 24.3 Å². The molecule has 1 rings (SSSR count). The summed E-state index contributed by atoms with van der Waals surface area (Å²) in [6.45, 7) is 5.10. The van der Waals surface area contributed by atoms with Crippen molar-refractivity contribution in [3.8, 4) is 5.75 Å². The normalized spacial score (nSPS) is 13.5. The Kier molecular flexibility index (Phi) is 6.37. The minimum atomic E-state index is -1.46. The molecule has 22 heavy (non-hydrogen) atoms. The third kappa shape index (κ3) is 5.04. The van der Waals surface area contributed by atoms with Crippen LogP contribution in [0.5, 0.6) is 5.75 Å². The van der Waals surface area contributed by atoms with Crippen LogP contribution in [0.1, 0.15) is 26.3 Å². The zero-order chi connectivity index (χ0) is 16.8. The number of benzene rings is 1. The van der Waals surface area contributed by atoms with Gasteiger partial charge < -0.3 is 19.9 Å². The maximum atomic E-state index is 12.2. The van der Waals surface area contributed by atoms with E-state index in [0.717, 1.165) is 0 Å². The highest BCUT2D eigenvalue weighted by atomic mass is 16.5. The highest BCUT2D eigenvalue weighted by molar-refractivity contribution is 5.88. The summed E-state index contributed by atoms with van der Waals surface area (Å²) in [5.41, 5.74) is -0.751. The molecule has 0 radical (unpaired) electrons. The molecule has 2 N–H and O–H groups in total. The van der Waals surface area contributed by atoms with Crippen molar-refractivity contribution in [1.82, 2.24) is 5.32 Å². The first-order valence-electron chi connectivity index (χ1n) is 7.06. The molecule has 6 heteroatoms. The molecule has 0 heterocycles. The monoisotopic (exact) mass is 309 g/mol. The molecule has 1 aromatic carbocycles. The second-order valence-electron chi connectivity index (χ2n) is 5.57. The molecule has 0 saturated heterocycles. The first kappa shape index (κ1) is 18.0. The fourth-order valence-electron chi connectivity index (χ4n) is 1.98. The van der Waals surface area contributed by atoms with Gasteiger partial charge in [0.1, 0.15) is 5.75 Å². The summed E-state index contributed by atoms with van der Waals surface area (Å²) >= 11 is 0. The number of carbonyl (C=O) groups is 2. The van der Waals surface area contributed by atoms with E-state index < -0.39 is 17.4 Å². The van der Waals surface area contributed by atoms with Gasteiger partial charge in [-0.1, -0.05) is 18.2 Å². The van der Waals surface area contributed by atoms with E-state index in [2.05, 4.69) is 5.32 Å². The van der Waals surface area contributed by atoms with Gasteiger partial charge in [-0.05, 0) is 26.8 Å². The Hall–Kier alpha value is -2.08. The van der Waals surface area contributed by atoms with E-state index in [0.29, 0.717) is 11.3 Å². The van der Waals surface area contributed by atoms with Crippen molar-refractivity contribution in [2.24, 2.45) is 0 Å². The predicted molar refractivity (Wildman–Crippen MR) is 82.0 cm³/mol. The maximum absolute atomic E-state index is 12.2. The van der Waals surface area contributed by atoms with Gasteiger partial charge in [-0.25, -0.2) is 4.79 Å². The topological polar surface area (TPSA) is 84.9 Å². The minimum absolute atomic E-state index is 0.0120. The first-order valence-corrected chi connectivity index (χ1v) is 7.06. The van der Waals surface area contributed by atoms with Crippen LogP contribution in [0.4, 0.5) is 0 Å². The molecule has 0 aliphatic heterocycles. The summed E-state index contributed by atoms with van der Waals surface area (Å²) in [6.07, 6.45) is 0.0251. The number of carboxylic acid groups (broad SMARTS) is 1. The summed E-state index contributed by atoms with van der Waals surface area (Å²) in [5, 5.41) is 11.7. The van der Waals surface area contributed by atoms with Gasteiger partial charge in [-0.3, -0.25) is 4.79 Å². The number of hydrogen-bond acceptors (Lipinski definition) is 4. The molecule has 122 valence electrons. The quantitative estimate of drug-likeness (QED) is 0.762. The van der Waals surface area contributed by atoms with Crippen molar-refractivity contribution in [1.29, 1.82) is 0 Å². The molecule has 1 amide bonds. The number of carbonyl (C=O) groups excluding carboxylic acids is 1. The van der Waals surface area contributed by atoms with Crippen molar-refractivity contribution in [3.63, 3.8) is 0 Å². The molecule has 6 nitrogen and oxygen atoms in total. The van der Waals surface area contributed by atoms with E-state index in [1.54, 1.807) is 18.2 Å². The molecule has 0 saturated carbocycles. The van der Waals surface area contributed by atoms with Gasteiger partial charge in [0, 0.05) is 12.7 Å². The first-order chi connectivity index (χ1) is 10.3. The van der Waals surface area contributed by atoms with Gasteiger partial charge in [0.25, 0.3) is 0 Å². The summed E-state index contributed by atoms with van der Waals surface area (Å²) in [6, 6.07) is 7.20. The van der Waals surface area contributed by atoms with E-state index in [1.165, 1.54) is 14.0 Å². The van der Waals surface area contributed by atoms with Crippen LogP contribution in [0.2, 0.25) is 0 Å².